The number of nitrogens with two attached hydrogens (primary N) is 2. The van der Waals surface area contributed by atoms with Crippen molar-refractivity contribution in [3.63, 3.8) is 0 Å². The van der Waals surface area contributed by atoms with E-state index in [4.69, 9.17) is 16.2 Å². The highest BCUT2D eigenvalue weighted by atomic mass is 16.5. The molecule has 0 aliphatic carbocycles. The zero-order valence-corrected chi connectivity index (χ0v) is 14.3. The van der Waals surface area contributed by atoms with Gasteiger partial charge in [-0.3, -0.25) is 0 Å². The molecule has 126 valence electrons. The Kier molecular flexibility index (Phi) is 4.76. The molecule has 2 aromatic rings. The first kappa shape index (κ1) is 16.4. The lowest BCUT2D eigenvalue weighted by Crippen LogP contribution is -2.33. The Morgan fingerprint density at radius 2 is 1.88 bits per heavy atom. The molecule has 1 aliphatic rings. The van der Waals surface area contributed by atoms with Crippen LogP contribution in [-0.4, -0.2) is 6.54 Å². The Bertz CT molecular complexity index is 725. The van der Waals surface area contributed by atoms with Gasteiger partial charge in [0.2, 0.25) is 0 Å². The van der Waals surface area contributed by atoms with Gasteiger partial charge in [0.15, 0.2) is 0 Å². The normalized spacial score (nSPS) is 16.8. The molecule has 1 atom stereocenters. The van der Waals surface area contributed by atoms with Gasteiger partial charge >= 0.3 is 0 Å². The average Bonchev–Trinajstić information content (AvgIpc) is 2.58. The standard InChI is InChI=1S/C20H25N3O/c1-14(2)11-23-12-18(21)20(22)17-9-8-16(10-19(17)23)24-13-15-6-4-3-5-7-15/h3-10,12,14,20H,11,13,21-22H2,1-2H3. The zero-order chi connectivity index (χ0) is 17.1. The van der Waals surface area contributed by atoms with E-state index >= 15 is 0 Å². The molecule has 0 fully saturated rings. The van der Waals surface area contributed by atoms with Crippen LogP contribution >= 0.6 is 0 Å². The van der Waals surface area contributed by atoms with E-state index in [-0.39, 0.29) is 6.04 Å². The Balaban J connectivity index is 1.83. The highest BCUT2D eigenvalue weighted by Gasteiger charge is 2.24. The Morgan fingerprint density at radius 3 is 2.58 bits per heavy atom. The number of nitrogens with zero attached hydrogens (tertiary/aromatic N) is 1. The summed E-state index contributed by atoms with van der Waals surface area (Å²) >= 11 is 0. The third-order valence-electron chi connectivity index (χ3n) is 4.12. The van der Waals surface area contributed by atoms with Crippen LogP contribution in [-0.2, 0) is 6.61 Å². The summed E-state index contributed by atoms with van der Waals surface area (Å²) in [4.78, 5) is 2.17. The topological polar surface area (TPSA) is 64.5 Å². The molecule has 0 spiro atoms. The molecule has 4 N–H and O–H groups in total. The third-order valence-corrected chi connectivity index (χ3v) is 4.12. The maximum absolute atomic E-state index is 6.24. The monoisotopic (exact) mass is 323 g/mol. The van der Waals surface area contributed by atoms with E-state index in [1.54, 1.807) is 0 Å². The van der Waals surface area contributed by atoms with Crippen molar-refractivity contribution < 1.29 is 4.74 Å². The average molecular weight is 323 g/mol. The Labute approximate surface area is 143 Å². The largest absolute Gasteiger partial charge is 0.489 e. The van der Waals surface area contributed by atoms with Crippen molar-refractivity contribution in [1.29, 1.82) is 0 Å². The smallest absolute Gasteiger partial charge is 0.121 e. The van der Waals surface area contributed by atoms with Gasteiger partial charge in [-0.25, -0.2) is 0 Å². The summed E-state index contributed by atoms with van der Waals surface area (Å²) in [7, 11) is 0. The summed E-state index contributed by atoms with van der Waals surface area (Å²) in [6.45, 7) is 5.82. The molecule has 1 aliphatic heterocycles. The molecule has 4 heteroatoms. The molecule has 24 heavy (non-hydrogen) atoms. The van der Waals surface area contributed by atoms with Crippen LogP contribution in [0, 0.1) is 5.92 Å². The summed E-state index contributed by atoms with van der Waals surface area (Å²) in [6, 6.07) is 15.9. The predicted molar refractivity (Wildman–Crippen MR) is 98.6 cm³/mol. The van der Waals surface area contributed by atoms with E-state index in [2.05, 4.69) is 36.9 Å². The number of ether oxygens (including phenoxy) is 1. The fourth-order valence-electron chi connectivity index (χ4n) is 2.92. The molecule has 3 rings (SSSR count). The lowest BCUT2D eigenvalue weighted by atomic mass is 9.98. The lowest BCUT2D eigenvalue weighted by Gasteiger charge is -2.33. The molecule has 0 saturated carbocycles. The van der Waals surface area contributed by atoms with Gasteiger partial charge < -0.3 is 21.1 Å². The van der Waals surface area contributed by atoms with Crippen molar-refractivity contribution in [2.75, 3.05) is 11.4 Å². The summed E-state index contributed by atoms with van der Waals surface area (Å²) in [6.07, 6.45) is 1.95. The van der Waals surface area contributed by atoms with Crippen molar-refractivity contribution in [2.45, 2.75) is 26.5 Å². The molecule has 0 radical (unpaired) electrons. The van der Waals surface area contributed by atoms with Gasteiger partial charge in [0.1, 0.15) is 12.4 Å². The van der Waals surface area contributed by atoms with E-state index in [1.165, 1.54) is 0 Å². The van der Waals surface area contributed by atoms with Gasteiger partial charge in [-0.15, -0.1) is 0 Å². The van der Waals surface area contributed by atoms with Gasteiger partial charge in [-0.1, -0.05) is 50.2 Å². The third kappa shape index (κ3) is 3.54. The van der Waals surface area contributed by atoms with E-state index in [0.717, 1.165) is 29.1 Å². The highest BCUT2D eigenvalue weighted by Crippen LogP contribution is 2.36. The van der Waals surface area contributed by atoms with Gasteiger partial charge in [0.05, 0.1) is 6.04 Å². The zero-order valence-electron chi connectivity index (χ0n) is 14.3. The molecule has 4 nitrogen and oxygen atoms in total. The predicted octanol–water partition coefficient (Wildman–Crippen LogP) is 3.54. The minimum Gasteiger partial charge on any atom is -0.489 e. The van der Waals surface area contributed by atoms with Crippen LogP contribution in [0.15, 0.2) is 60.4 Å². The molecule has 2 aromatic carbocycles. The van der Waals surface area contributed by atoms with Crippen LogP contribution in [0.1, 0.15) is 31.0 Å². The number of fused-ring (bicyclic) bond motifs is 1. The number of hydrogen-bond donors (Lipinski definition) is 2. The molecular formula is C20H25N3O. The summed E-state index contributed by atoms with van der Waals surface area (Å²) < 4.78 is 5.95. The summed E-state index contributed by atoms with van der Waals surface area (Å²) in [5, 5.41) is 0. The van der Waals surface area contributed by atoms with Gasteiger partial charge in [-0.05, 0) is 23.1 Å². The first-order valence-corrected chi connectivity index (χ1v) is 8.34. The van der Waals surface area contributed by atoms with Gasteiger partial charge in [-0.2, -0.15) is 0 Å². The van der Waals surface area contributed by atoms with E-state index in [0.29, 0.717) is 18.2 Å². The second kappa shape index (κ2) is 6.97. The second-order valence-corrected chi connectivity index (χ2v) is 6.65. The number of anilines is 1. The van der Waals surface area contributed by atoms with Crippen molar-refractivity contribution in [1.82, 2.24) is 0 Å². The first-order valence-electron chi connectivity index (χ1n) is 8.34. The molecule has 0 amide bonds. The summed E-state index contributed by atoms with van der Waals surface area (Å²) in [5.41, 5.74) is 16.3. The van der Waals surface area contributed by atoms with Crippen molar-refractivity contribution in [3.05, 3.63) is 71.6 Å². The van der Waals surface area contributed by atoms with Crippen LogP contribution < -0.4 is 21.1 Å². The second-order valence-electron chi connectivity index (χ2n) is 6.65. The molecule has 0 aromatic heterocycles. The Hall–Kier alpha value is -2.46. The Morgan fingerprint density at radius 1 is 1.12 bits per heavy atom. The SMILES string of the molecule is CC(C)CN1C=C(N)C(N)c2ccc(OCc3ccccc3)cc21. The fourth-order valence-corrected chi connectivity index (χ4v) is 2.92. The summed E-state index contributed by atoms with van der Waals surface area (Å²) in [5.74, 6) is 1.36. The first-order chi connectivity index (χ1) is 11.5. The highest BCUT2D eigenvalue weighted by molar-refractivity contribution is 5.64. The number of rotatable bonds is 5. The maximum Gasteiger partial charge on any atom is 0.121 e. The quantitative estimate of drug-likeness (QED) is 0.883. The molecular weight excluding hydrogens is 298 g/mol. The fraction of sp³-hybridized carbons (Fsp3) is 0.300. The van der Waals surface area contributed by atoms with Crippen molar-refractivity contribution in [2.24, 2.45) is 17.4 Å². The lowest BCUT2D eigenvalue weighted by molar-refractivity contribution is 0.306. The van der Waals surface area contributed by atoms with Crippen molar-refractivity contribution in [3.8, 4) is 5.75 Å². The van der Waals surface area contributed by atoms with E-state index in [1.807, 2.05) is 36.5 Å². The molecule has 0 saturated heterocycles. The van der Waals surface area contributed by atoms with Crippen LogP contribution in [0.3, 0.4) is 0 Å². The molecule has 0 bridgehead atoms. The van der Waals surface area contributed by atoms with Gasteiger partial charge in [0, 0.05) is 30.2 Å². The van der Waals surface area contributed by atoms with Crippen LogP contribution in [0.25, 0.3) is 0 Å². The molecule has 1 heterocycles. The van der Waals surface area contributed by atoms with E-state index < -0.39 is 0 Å². The van der Waals surface area contributed by atoms with Crippen molar-refractivity contribution >= 4 is 5.69 Å². The minimum atomic E-state index is -0.258. The molecule has 1 unspecified atom stereocenters. The van der Waals surface area contributed by atoms with Crippen LogP contribution in [0.5, 0.6) is 5.75 Å². The maximum atomic E-state index is 6.24. The van der Waals surface area contributed by atoms with Crippen LogP contribution in [0.2, 0.25) is 0 Å². The van der Waals surface area contributed by atoms with Crippen LogP contribution in [0.4, 0.5) is 5.69 Å². The van der Waals surface area contributed by atoms with E-state index in [9.17, 15) is 0 Å². The minimum absolute atomic E-state index is 0.258. The number of benzene rings is 2. The van der Waals surface area contributed by atoms with Gasteiger partial charge in [0.25, 0.3) is 0 Å². The number of hydrogen-bond acceptors (Lipinski definition) is 4.